The summed E-state index contributed by atoms with van der Waals surface area (Å²) in [5, 5.41) is 11.6. The maximum atomic E-state index is 12.4. The van der Waals surface area contributed by atoms with E-state index in [0.29, 0.717) is 21.9 Å². The number of aromatic nitrogens is 4. The number of rotatable bonds is 7. The summed E-state index contributed by atoms with van der Waals surface area (Å²) in [5.74, 6) is 8.02. The summed E-state index contributed by atoms with van der Waals surface area (Å²) in [7, 11) is 1.62. The molecule has 0 bridgehead atoms. The Balaban J connectivity index is 1.49. The molecule has 0 aliphatic heterocycles. The van der Waals surface area contributed by atoms with E-state index in [9.17, 15) is 4.79 Å². The van der Waals surface area contributed by atoms with E-state index in [4.69, 9.17) is 10.6 Å². The number of nitrogens with two attached hydrogens (primary N) is 1. The molecule has 0 radical (unpaired) electrons. The highest BCUT2D eigenvalue weighted by atomic mass is 32.2. The molecule has 0 fully saturated rings. The maximum Gasteiger partial charge on any atom is 0.230 e. The molecule has 0 atom stereocenters. The van der Waals surface area contributed by atoms with Crippen molar-refractivity contribution in [3.63, 3.8) is 0 Å². The van der Waals surface area contributed by atoms with E-state index < -0.39 is 0 Å². The van der Waals surface area contributed by atoms with Crippen LogP contribution in [0.25, 0.3) is 11.4 Å². The van der Waals surface area contributed by atoms with Gasteiger partial charge in [0.2, 0.25) is 11.1 Å². The second-order valence-corrected chi connectivity index (χ2v) is 9.22. The van der Waals surface area contributed by atoms with Gasteiger partial charge in [-0.1, -0.05) is 17.8 Å². The van der Waals surface area contributed by atoms with E-state index >= 15 is 0 Å². The number of hydrogen-bond donors (Lipinski definition) is 1. The van der Waals surface area contributed by atoms with Crippen molar-refractivity contribution < 1.29 is 9.53 Å². The van der Waals surface area contributed by atoms with Gasteiger partial charge in [-0.15, -0.1) is 21.5 Å². The van der Waals surface area contributed by atoms with Crippen LogP contribution in [-0.2, 0) is 10.5 Å². The summed E-state index contributed by atoms with van der Waals surface area (Å²) in [5.41, 5.74) is 4.80. The second kappa shape index (κ2) is 9.63. The zero-order valence-electron chi connectivity index (χ0n) is 18.8. The monoisotopic (exact) mass is 480 g/mol. The molecule has 4 aromatic rings. The molecular weight excluding hydrogens is 456 g/mol. The quantitative estimate of drug-likeness (QED) is 0.302. The Morgan fingerprint density at radius 2 is 1.91 bits per heavy atom. The molecule has 0 saturated carbocycles. The minimum atomic E-state index is -0.0855. The van der Waals surface area contributed by atoms with E-state index in [-0.39, 0.29) is 5.91 Å². The highest BCUT2D eigenvalue weighted by Gasteiger charge is 2.19. The fourth-order valence-corrected chi connectivity index (χ4v) is 4.95. The van der Waals surface area contributed by atoms with Gasteiger partial charge >= 0.3 is 0 Å². The smallest absolute Gasteiger partial charge is 0.230 e. The van der Waals surface area contributed by atoms with Gasteiger partial charge in [-0.05, 0) is 61.4 Å². The zero-order chi connectivity index (χ0) is 23.5. The number of carbonyl (C=O) groups is 1. The number of anilines is 2. The van der Waals surface area contributed by atoms with Crippen molar-refractivity contribution >= 4 is 39.8 Å². The minimum Gasteiger partial charge on any atom is -0.497 e. The number of aryl methyl sites for hydroxylation is 2. The lowest BCUT2D eigenvalue weighted by atomic mass is 10.1. The van der Waals surface area contributed by atoms with E-state index in [2.05, 4.69) is 15.2 Å². The van der Waals surface area contributed by atoms with E-state index in [0.717, 1.165) is 28.3 Å². The number of amides is 1. The first-order valence-electron chi connectivity index (χ1n) is 10.2. The van der Waals surface area contributed by atoms with Gasteiger partial charge in [-0.25, -0.2) is 9.66 Å². The molecule has 0 spiro atoms. The summed E-state index contributed by atoms with van der Waals surface area (Å²) in [4.78, 5) is 18.7. The van der Waals surface area contributed by atoms with Gasteiger partial charge in [0.1, 0.15) is 5.75 Å². The van der Waals surface area contributed by atoms with Crippen LogP contribution >= 0.6 is 23.1 Å². The number of nitrogen functional groups attached to an aromatic ring is 1. The van der Waals surface area contributed by atoms with Crippen LogP contribution in [0, 0.1) is 13.8 Å². The lowest BCUT2D eigenvalue weighted by molar-refractivity contribution is -0.115. The molecular formula is C23H24N6O2S2. The third-order valence-electron chi connectivity index (χ3n) is 5.16. The molecule has 2 N–H and O–H groups in total. The van der Waals surface area contributed by atoms with Gasteiger partial charge in [-0.2, -0.15) is 0 Å². The number of nitrogens with zero attached hydrogens (tertiary/aromatic N) is 5. The normalized spacial score (nSPS) is 10.9. The molecule has 10 heteroatoms. The molecule has 2 aromatic carbocycles. The summed E-state index contributed by atoms with van der Waals surface area (Å²) in [6, 6.07) is 13.4. The third kappa shape index (κ3) is 4.86. The summed E-state index contributed by atoms with van der Waals surface area (Å²) >= 11 is 2.87. The lowest BCUT2D eigenvalue weighted by Gasteiger charge is -2.19. The Kier molecular flexibility index (Phi) is 6.66. The van der Waals surface area contributed by atoms with Gasteiger partial charge in [-0.3, -0.25) is 9.69 Å². The van der Waals surface area contributed by atoms with Crippen molar-refractivity contribution in [3.05, 3.63) is 64.7 Å². The average molecular weight is 481 g/mol. The molecule has 0 aliphatic rings. The molecule has 2 heterocycles. The van der Waals surface area contributed by atoms with Crippen molar-refractivity contribution in [1.29, 1.82) is 0 Å². The molecule has 33 heavy (non-hydrogen) atoms. The van der Waals surface area contributed by atoms with Gasteiger partial charge in [0, 0.05) is 23.6 Å². The van der Waals surface area contributed by atoms with Gasteiger partial charge in [0.05, 0.1) is 18.5 Å². The second-order valence-electron chi connectivity index (χ2n) is 7.44. The standard InChI is InChI=1S/C23H24N6O2S2/c1-14-5-8-19(11-15(14)2)28(16(3)30)22-25-18(12-32-22)13-33-23-27-26-21(29(23)24)17-6-9-20(31-4)10-7-17/h5-12H,13,24H2,1-4H3. The van der Waals surface area contributed by atoms with Gasteiger partial charge < -0.3 is 10.6 Å². The van der Waals surface area contributed by atoms with Crippen LogP contribution in [0.3, 0.4) is 0 Å². The summed E-state index contributed by atoms with van der Waals surface area (Å²) in [6.07, 6.45) is 0. The van der Waals surface area contributed by atoms with Crippen molar-refractivity contribution in [2.75, 3.05) is 17.9 Å². The number of carbonyl (C=O) groups excluding carboxylic acids is 1. The predicted octanol–water partition coefficient (Wildman–Crippen LogP) is 4.72. The predicted molar refractivity (Wildman–Crippen MR) is 133 cm³/mol. The van der Waals surface area contributed by atoms with Crippen LogP contribution in [-0.4, -0.2) is 32.9 Å². The Morgan fingerprint density at radius 3 is 2.58 bits per heavy atom. The highest BCUT2D eigenvalue weighted by Crippen LogP contribution is 2.32. The van der Waals surface area contributed by atoms with Gasteiger partial charge in [0.15, 0.2) is 11.0 Å². The fourth-order valence-electron chi connectivity index (χ4n) is 3.21. The number of hydrogen-bond acceptors (Lipinski definition) is 8. The SMILES string of the molecule is COc1ccc(-c2nnc(SCc3csc(N(C(C)=O)c4ccc(C)c(C)c4)n3)n2N)cc1. The molecule has 4 rings (SSSR count). The van der Waals surface area contributed by atoms with Crippen LogP contribution in [0.5, 0.6) is 5.75 Å². The van der Waals surface area contributed by atoms with Crippen LogP contribution in [0.4, 0.5) is 10.8 Å². The summed E-state index contributed by atoms with van der Waals surface area (Å²) in [6.45, 7) is 5.62. The fraction of sp³-hybridized carbons (Fsp3) is 0.217. The van der Waals surface area contributed by atoms with Crippen molar-refractivity contribution in [2.24, 2.45) is 0 Å². The molecule has 0 saturated heterocycles. The van der Waals surface area contributed by atoms with Crippen LogP contribution in [0.15, 0.2) is 53.0 Å². The van der Waals surface area contributed by atoms with Crippen molar-refractivity contribution in [2.45, 2.75) is 31.7 Å². The number of methoxy groups -OCH3 is 1. The zero-order valence-corrected chi connectivity index (χ0v) is 20.4. The first-order valence-corrected chi connectivity index (χ1v) is 12.0. The maximum absolute atomic E-state index is 12.4. The molecule has 0 aliphatic carbocycles. The van der Waals surface area contributed by atoms with Crippen LogP contribution in [0.1, 0.15) is 23.7 Å². The topological polar surface area (TPSA) is 99.2 Å². The van der Waals surface area contributed by atoms with Crippen molar-refractivity contribution in [1.82, 2.24) is 19.9 Å². The lowest BCUT2D eigenvalue weighted by Crippen LogP contribution is -2.22. The number of benzene rings is 2. The molecule has 0 unspecified atom stereocenters. The number of thiazole rings is 1. The highest BCUT2D eigenvalue weighted by molar-refractivity contribution is 7.98. The summed E-state index contributed by atoms with van der Waals surface area (Å²) < 4.78 is 6.66. The first-order chi connectivity index (χ1) is 15.9. The number of ether oxygens (including phenoxy) is 1. The molecule has 2 aromatic heterocycles. The Labute approximate surface area is 200 Å². The molecule has 1 amide bonds. The third-order valence-corrected chi connectivity index (χ3v) is 7.01. The van der Waals surface area contributed by atoms with E-state index in [1.807, 2.05) is 61.7 Å². The van der Waals surface area contributed by atoms with Gasteiger partial charge in [0.25, 0.3) is 0 Å². The molecule has 8 nitrogen and oxygen atoms in total. The Bertz CT molecular complexity index is 1280. The van der Waals surface area contributed by atoms with Crippen LogP contribution < -0.4 is 15.5 Å². The number of thioether (sulfide) groups is 1. The average Bonchev–Trinajstić information content (AvgIpc) is 3.41. The Hall–Kier alpha value is -3.37. The van der Waals surface area contributed by atoms with E-state index in [1.54, 1.807) is 18.9 Å². The largest absolute Gasteiger partial charge is 0.497 e. The van der Waals surface area contributed by atoms with E-state index in [1.165, 1.54) is 33.3 Å². The Morgan fingerprint density at radius 1 is 1.15 bits per heavy atom. The first kappa shape index (κ1) is 22.8. The van der Waals surface area contributed by atoms with Crippen molar-refractivity contribution in [3.8, 4) is 17.1 Å². The molecule has 170 valence electrons. The van der Waals surface area contributed by atoms with Crippen LogP contribution in [0.2, 0.25) is 0 Å². The minimum absolute atomic E-state index is 0.0855.